The standard InChI is InChI=1S/C16H23N3O2/c17-7-12-1-3-13(4-2-12)8-19-15(20)16-10-18-9-14(16)5-6-21-11-16/h1-4,14,18H,5-11,17H2,(H,19,20)/t14-,16+/m1/s1. The maximum absolute atomic E-state index is 12.6. The highest BCUT2D eigenvalue weighted by molar-refractivity contribution is 5.84. The minimum Gasteiger partial charge on any atom is -0.380 e. The van der Waals surface area contributed by atoms with Crippen molar-refractivity contribution in [2.24, 2.45) is 17.1 Å². The molecule has 2 heterocycles. The van der Waals surface area contributed by atoms with Crippen molar-refractivity contribution in [2.45, 2.75) is 19.5 Å². The van der Waals surface area contributed by atoms with Gasteiger partial charge < -0.3 is 21.1 Å². The summed E-state index contributed by atoms with van der Waals surface area (Å²) in [6.45, 7) is 4.03. The Balaban J connectivity index is 1.62. The van der Waals surface area contributed by atoms with Crippen LogP contribution in [0.25, 0.3) is 0 Å². The second-order valence-electron chi connectivity index (χ2n) is 6.03. The molecule has 1 aromatic carbocycles. The van der Waals surface area contributed by atoms with Crippen LogP contribution >= 0.6 is 0 Å². The lowest BCUT2D eigenvalue weighted by atomic mass is 9.75. The molecule has 0 radical (unpaired) electrons. The summed E-state index contributed by atoms with van der Waals surface area (Å²) in [7, 11) is 0. The number of benzene rings is 1. The highest BCUT2D eigenvalue weighted by Gasteiger charge is 2.50. The molecule has 4 N–H and O–H groups in total. The molecule has 2 fully saturated rings. The predicted octanol–water partition coefficient (Wildman–Crippen LogP) is 0.388. The van der Waals surface area contributed by atoms with Gasteiger partial charge in [-0.1, -0.05) is 24.3 Å². The average molecular weight is 289 g/mol. The smallest absolute Gasteiger partial charge is 0.230 e. The first-order valence-corrected chi connectivity index (χ1v) is 7.59. The van der Waals surface area contributed by atoms with Crippen LogP contribution in [-0.4, -0.2) is 32.2 Å². The van der Waals surface area contributed by atoms with Crippen molar-refractivity contribution in [1.29, 1.82) is 0 Å². The third kappa shape index (κ3) is 2.81. The number of carbonyl (C=O) groups excluding carboxylic acids is 1. The summed E-state index contributed by atoms with van der Waals surface area (Å²) in [5.74, 6) is 0.506. The second-order valence-corrected chi connectivity index (χ2v) is 6.03. The van der Waals surface area contributed by atoms with Gasteiger partial charge in [0.05, 0.1) is 12.0 Å². The van der Waals surface area contributed by atoms with E-state index in [4.69, 9.17) is 10.5 Å². The lowest BCUT2D eigenvalue weighted by Gasteiger charge is -2.36. The van der Waals surface area contributed by atoms with Crippen molar-refractivity contribution in [3.63, 3.8) is 0 Å². The molecule has 0 saturated carbocycles. The molecule has 0 unspecified atom stereocenters. The van der Waals surface area contributed by atoms with E-state index in [1.807, 2.05) is 24.3 Å². The number of hydrogen-bond donors (Lipinski definition) is 3. The summed E-state index contributed by atoms with van der Waals surface area (Å²) in [6.07, 6.45) is 0.964. The van der Waals surface area contributed by atoms with Gasteiger partial charge in [0.1, 0.15) is 0 Å². The SMILES string of the molecule is NCc1ccc(CNC(=O)[C@]23CNC[C@H]2CCOC3)cc1. The number of carbonyl (C=O) groups is 1. The average Bonchev–Trinajstić information content (AvgIpc) is 2.98. The van der Waals surface area contributed by atoms with E-state index < -0.39 is 0 Å². The molecular weight excluding hydrogens is 266 g/mol. The number of nitrogens with one attached hydrogen (secondary N) is 2. The zero-order valence-corrected chi connectivity index (χ0v) is 12.2. The van der Waals surface area contributed by atoms with Crippen LogP contribution in [-0.2, 0) is 22.6 Å². The highest BCUT2D eigenvalue weighted by Crippen LogP contribution is 2.37. The molecule has 5 nitrogen and oxygen atoms in total. The summed E-state index contributed by atoms with van der Waals surface area (Å²) >= 11 is 0. The maximum Gasteiger partial charge on any atom is 0.230 e. The van der Waals surface area contributed by atoms with Crippen LogP contribution in [0.1, 0.15) is 17.5 Å². The minimum absolute atomic E-state index is 0.111. The van der Waals surface area contributed by atoms with Gasteiger partial charge in [0.2, 0.25) is 5.91 Å². The fraction of sp³-hybridized carbons (Fsp3) is 0.562. The van der Waals surface area contributed by atoms with Crippen LogP contribution in [0.15, 0.2) is 24.3 Å². The van der Waals surface area contributed by atoms with Crippen LogP contribution in [0.3, 0.4) is 0 Å². The second kappa shape index (κ2) is 6.13. The summed E-state index contributed by atoms with van der Waals surface area (Å²) < 4.78 is 5.58. The zero-order valence-electron chi connectivity index (χ0n) is 12.2. The van der Waals surface area contributed by atoms with Crippen molar-refractivity contribution in [3.8, 4) is 0 Å². The molecular formula is C16H23N3O2. The van der Waals surface area contributed by atoms with Crippen LogP contribution in [0.4, 0.5) is 0 Å². The Bertz CT molecular complexity index is 503. The van der Waals surface area contributed by atoms with Crippen molar-refractivity contribution >= 4 is 5.91 Å². The molecule has 2 atom stereocenters. The largest absolute Gasteiger partial charge is 0.380 e. The summed E-state index contributed by atoms with van der Waals surface area (Å²) in [5, 5.41) is 6.42. The topological polar surface area (TPSA) is 76.4 Å². The van der Waals surface area contributed by atoms with Gasteiger partial charge in [0, 0.05) is 26.2 Å². The Labute approximate surface area is 125 Å². The molecule has 1 amide bonds. The van der Waals surface area contributed by atoms with Gasteiger partial charge in [-0.15, -0.1) is 0 Å². The molecule has 5 heteroatoms. The fourth-order valence-electron chi connectivity index (χ4n) is 3.32. The van der Waals surface area contributed by atoms with Crippen molar-refractivity contribution in [2.75, 3.05) is 26.3 Å². The highest BCUT2D eigenvalue weighted by atomic mass is 16.5. The lowest BCUT2D eigenvalue weighted by Crippen LogP contribution is -2.51. The van der Waals surface area contributed by atoms with Gasteiger partial charge in [0.15, 0.2) is 0 Å². The van der Waals surface area contributed by atoms with Gasteiger partial charge in [-0.25, -0.2) is 0 Å². The molecule has 0 spiro atoms. The first-order valence-electron chi connectivity index (χ1n) is 7.59. The van der Waals surface area contributed by atoms with Crippen LogP contribution < -0.4 is 16.4 Å². The first kappa shape index (κ1) is 14.5. The van der Waals surface area contributed by atoms with Gasteiger partial charge in [-0.05, 0) is 30.0 Å². The minimum atomic E-state index is -0.380. The number of hydrogen-bond acceptors (Lipinski definition) is 4. The maximum atomic E-state index is 12.6. The van der Waals surface area contributed by atoms with Crippen LogP contribution in [0.5, 0.6) is 0 Å². The Morgan fingerprint density at radius 1 is 1.38 bits per heavy atom. The lowest BCUT2D eigenvalue weighted by molar-refractivity contribution is -0.141. The quantitative estimate of drug-likeness (QED) is 0.749. The predicted molar refractivity (Wildman–Crippen MR) is 80.4 cm³/mol. The van der Waals surface area contributed by atoms with Gasteiger partial charge in [0.25, 0.3) is 0 Å². The van der Waals surface area contributed by atoms with Gasteiger partial charge in [-0.3, -0.25) is 4.79 Å². The normalized spacial score (nSPS) is 28.1. The van der Waals surface area contributed by atoms with Gasteiger partial charge >= 0.3 is 0 Å². The van der Waals surface area contributed by atoms with E-state index in [-0.39, 0.29) is 11.3 Å². The number of ether oxygens (including phenoxy) is 1. The van der Waals surface area contributed by atoms with E-state index in [2.05, 4.69) is 10.6 Å². The third-order valence-electron chi connectivity index (χ3n) is 4.75. The van der Waals surface area contributed by atoms with Gasteiger partial charge in [-0.2, -0.15) is 0 Å². The Morgan fingerprint density at radius 3 is 2.90 bits per heavy atom. The van der Waals surface area contributed by atoms with E-state index in [0.717, 1.165) is 37.2 Å². The first-order chi connectivity index (χ1) is 10.2. The van der Waals surface area contributed by atoms with Crippen LogP contribution in [0, 0.1) is 11.3 Å². The molecule has 21 heavy (non-hydrogen) atoms. The van der Waals surface area contributed by atoms with Crippen molar-refractivity contribution < 1.29 is 9.53 Å². The van der Waals surface area contributed by atoms with Crippen LogP contribution in [0.2, 0.25) is 0 Å². The Hall–Kier alpha value is -1.43. The number of rotatable bonds is 4. The number of fused-ring (bicyclic) bond motifs is 1. The van der Waals surface area contributed by atoms with E-state index in [1.54, 1.807) is 0 Å². The molecule has 3 rings (SSSR count). The van der Waals surface area contributed by atoms with E-state index in [0.29, 0.717) is 25.6 Å². The van der Waals surface area contributed by atoms with E-state index in [1.165, 1.54) is 0 Å². The Kier molecular flexibility index (Phi) is 4.24. The zero-order chi connectivity index (χ0) is 14.7. The number of amides is 1. The molecule has 2 saturated heterocycles. The molecule has 2 aliphatic heterocycles. The van der Waals surface area contributed by atoms with E-state index >= 15 is 0 Å². The summed E-state index contributed by atoms with van der Waals surface area (Å²) in [4.78, 5) is 12.6. The summed E-state index contributed by atoms with van der Waals surface area (Å²) in [5.41, 5.74) is 7.40. The fourth-order valence-corrected chi connectivity index (χ4v) is 3.32. The van der Waals surface area contributed by atoms with E-state index in [9.17, 15) is 4.79 Å². The molecule has 0 aliphatic carbocycles. The van der Waals surface area contributed by atoms with Crippen molar-refractivity contribution in [3.05, 3.63) is 35.4 Å². The van der Waals surface area contributed by atoms with Crippen molar-refractivity contribution in [1.82, 2.24) is 10.6 Å². The monoisotopic (exact) mass is 289 g/mol. The molecule has 114 valence electrons. The Morgan fingerprint density at radius 2 is 2.14 bits per heavy atom. The molecule has 0 bridgehead atoms. The summed E-state index contributed by atoms with van der Waals surface area (Å²) in [6, 6.07) is 8.04. The molecule has 1 aromatic rings. The molecule has 0 aromatic heterocycles. The molecule has 2 aliphatic rings. The third-order valence-corrected chi connectivity index (χ3v) is 4.75. The number of nitrogens with two attached hydrogens (primary N) is 1.